The smallest absolute Gasteiger partial charge is 0.338 e. The first-order chi connectivity index (χ1) is 17.0. The van der Waals surface area contributed by atoms with Crippen LogP contribution in [0.25, 0.3) is 0 Å². The summed E-state index contributed by atoms with van der Waals surface area (Å²) in [6.07, 6.45) is 0. The van der Waals surface area contributed by atoms with E-state index in [2.05, 4.69) is 5.32 Å². The van der Waals surface area contributed by atoms with Crippen LogP contribution >= 0.6 is 11.8 Å². The maximum Gasteiger partial charge on any atom is 0.338 e. The standard InChI is InChI=1S/C27H26N2O5S/c1-3-33-14-15-34-27(32)19-10-13-24-22(16-19)29(26(31)21-6-4-5-7-23(21)35-24)17-25(30)28-20-11-8-18(2)9-12-20/h4-13,16H,3,14-15,17H2,1-2H3,(H,28,30). The number of fused-ring (bicyclic) bond motifs is 2. The van der Waals surface area contributed by atoms with E-state index in [0.29, 0.717) is 35.7 Å². The molecule has 4 rings (SSSR count). The molecule has 3 aromatic carbocycles. The highest BCUT2D eigenvalue weighted by Crippen LogP contribution is 2.41. The van der Waals surface area contributed by atoms with Crippen LogP contribution in [0.2, 0.25) is 0 Å². The van der Waals surface area contributed by atoms with Crippen LogP contribution in [0.1, 0.15) is 33.2 Å². The van der Waals surface area contributed by atoms with E-state index in [1.807, 2.05) is 50.2 Å². The van der Waals surface area contributed by atoms with Crippen LogP contribution in [0, 0.1) is 6.92 Å². The Hall–Kier alpha value is -3.62. The molecule has 0 fully saturated rings. The van der Waals surface area contributed by atoms with Crippen molar-refractivity contribution in [3.8, 4) is 0 Å². The van der Waals surface area contributed by atoms with Crippen LogP contribution in [-0.2, 0) is 14.3 Å². The van der Waals surface area contributed by atoms with Gasteiger partial charge in [-0.25, -0.2) is 4.79 Å². The quantitative estimate of drug-likeness (QED) is 0.356. The van der Waals surface area contributed by atoms with E-state index in [1.54, 1.807) is 30.3 Å². The fourth-order valence-electron chi connectivity index (χ4n) is 3.61. The summed E-state index contributed by atoms with van der Waals surface area (Å²) in [5, 5.41) is 2.84. The van der Waals surface area contributed by atoms with E-state index >= 15 is 0 Å². The fourth-order valence-corrected chi connectivity index (χ4v) is 4.66. The minimum atomic E-state index is -0.518. The lowest BCUT2D eigenvalue weighted by molar-refractivity contribution is -0.114. The zero-order valence-corrected chi connectivity index (χ0v) is 20.4. The predicted octanol–water partition coefficient (Wildman–Crippen LogP) is 4.94. The number of hydrogen-bond donors (Lipinski definition) is 1. The van der Waals surface area contributed by atoms with Crippen molar-refractivity contribution in [1.29, 1.82) is 0 Å². The van der Waals surface area contributed by atoms with Gasteiger partial charge in [-0.2, -0.15) is 0 Å². The zero-order valence-electron chi connectivity index (χ0n) is 19.6. The number of nitrogens with zero attached hydrogens (tertiary/aromatic N) is 1. The van der Waals surface area contributed by atoms with Gasteiger partial charge in [-0.05, 0) is 56.3 Å². The molecular weight excluding hydrogens is 464 g/mol. The summed E-state index contributed by atoms with van der Waals surface area (Å²) in [6.45, 7) is 4.60. The van der Waals surface area contributed by atoms with Crippen molar-refractivity contribution >= 4 is 40.9 Å². The summed E-state index contributed by atoms with van der Waals surface area (Å²) in [7, 11) is 0. The van der Waals surface area contributed by atoms with E-state index in [-0.39, 0.29) is 25.0 Å². The summed E-state index contributed by atoms with van der Waals surface area (Å²) in [5.74, 6) is -1.18. The van der Waals surface area contributed by atoms with Gasteiger partial charge in [0.15, 0.2) is 0 Å². The van der Waals surface area contributed by atoms with Crippen molar-refractivity contribution < 1.29 is 23.9 Å². The summed E-state index contributed by atoms with van der Waals surface area (Å²) >= 11 is 1.42. The van der Waals surface area contributed by atoms with Gasteiger partial charge in [-0.1, -0.05) is 41.6 Å². The normalized spacial score (nSPS) is 12.4. The van der Waals surface area contributed by atoms with Gasteiger partial charge in [0.25, 0.3) is 5.91 Å². The lowest BCUT2D eigenvalue weighted by Gasteiger charge is -2.23. The summed E-state index contributed by atoms with van der Waals surface area (Å²) in [4.78, 5) is 42.1. The molecule has 0 aromatic heterocycles. The largest absolute Gasteiger partial charge is 0.460 e. The predicted molar refractivity (Wildman–Crippen MR) is 135 cm³/mol. The van der Waals surface area contributed by atoms with Crippen molar-refractivity contribution in [3.63, 3.8) is 0 Å². The molecule has 0 unspecified atom stereocenters. The molecule has 1 N–H and O–H groups in total. The fraction of sp³-hybridized carbons (Fsp3) is 0.222. The Kier molecular flexibility index (Phi) is 7.84. The van der Waals surface area contributed by atoms with Gasteiger partial charge >= 0.3 is 5.97 Å². The van der Waals surface area contributed by atoms with Gasteiger partial charge < -0.3 is 14.8 Å². The van der Waals surface area contributed by atoms with Crippen LogP contribution < -0.4 is 10.2 Å². The zero-order chi connectivity index (χ0) is 24.8. The molecule has 2 amide bonds. The lowest BCUT2D eigenvalue weighted by Crippen LogP contribution is -2.38. The molecule has 0 bridgehead atoms. The third-order valence-electron chi connectivity index (χ3n) is 5.37. The molecular formula is C27H26N2O5S. The van der Waals surface area contributed by atoms with Crippen molar-refractivity contribution in [3.05, 3.63) is 83.4 Å². The Morgan fingerprint density at radius 3 is 2.51 bits per heavy atom. The Morgan fingerprint density at radius 1 is 0.971 bits per heavy atom. The van der Waals surface area contributed by atoms with E-state index in [1.165, 1.54) is 16.7 Å². The number of amides is 2. The van der Waals surface area contributed by atoms with Gasteiger partial charge in [0.1, 0.15) is 13.2 Å². The molecule has 8 heteroatoms. The number of esters is 1. The molecule has 35 heavy (non-hydrogen) atoms. The molecule has 3 aromatic rings. The first-order valence-corrected chi connectivity index (χ1v) is 12.1. The number of carbonyl (C=O) groups is 3. The van der Waals surface area contributed by atoms with Gasteiger partial charge in [-0.3, -0.25) is 14.5 Å². The van der Waals surface area contributed by atoms with Gasteiger partial charge in [0.05, 0.1) is 23.4 Å². The minimum Gasteiger partial charge on any atom is -0.460 e. The second-order valence-electron chi connectivity index (χ2n) is 7.92. The summed E-state index contributed by atoms with van der Waals surface area (Å²) < 4.78 is 10.5. The molecule has 1 heterocycles. The highest BCUT2D eigenvalue weighted by molar-refractivity contribution is 7.99. The van der Waals surface area contributed by atoms with Crippen LogP contribution in [0.4, 0.5) is 11.4 Å². The maximum absolute atomic E-state index is 13.6. The minimum absolute atomic E-state index is 0.131. The molecule has 0 radical (unpaired) electrons. The average Bonchev–Trinajstić information content (AvgIpc) is 2.97. The third kappa shape index (κ3) is 5.90. The monoisotopic (exact) mass is 490 g/mol. The van der Waals surface area contributed by atoms with E-state index in [0.717, 1.165) is 15.4 Å². The molecule has 1 aliphatic rings. The molecule has 0 saturated heterocycles. The second-order valence-corrected chi connectivity index (χ2v) is 9.00. The summed E-state index contributed by atoms with van der Waals surface area (Å²) in [6, 6.07) is 19.7. The van der Waals surface area contributed by atoms with Gasteiger partial charge in [0, 0.05) is 22.1 Å². The molecule has 0 saturated carbocycles. The Bertz CT molecular complexity index is 1240. The Labute approximate surface area is 208 Å². The molecule has 7 nitrogen and oxygen atoms in total. The van der Waals surface area contributed by atoms with Gasteiger partial charge in [0.2, 0.25) is 5.91 Å². The summed E-state index contributed by atoms with van der Waals surface area (Å²) in [5.41, 5.74) is 2.99. The number of carbonyl (C=O) groups excluding carboxylic acids is 3. The Morgan fingerprint density at radius 2 is 1.74 bits per heavy atom. The highest BCUT2D eigenvalue weighted by atomic mass is 32.2. The van der Waals surface area contributed by atoms with Crippen molar-refractivity contribution in [2.75, 3.05) is 36.6 Å². The number of benzene rings is 3. The van der Waals surface area contributed by atoms with E-state index < -0.39 is 5.97 Å². The van der Waals surface area contributed by atoms with Crippen molar-refractivity contribution in [2.24, 2.45) is 0 Å². The molecule has 180 valence electrons. The van der Waals surface area contributed by atoms with E-state index in [4.69, 9.17) is 9.47 Å². The highest BCUT2D eigenvalue weighted by Gasteiger charge is 2.29. The molecule has 0 aliphatic carbocycles. The average molecular weight is 491 g/mol. The number of ether oxygens (including phenoxy) is 2. The van der Waals surface area contributed by atoms with Crippen molar-refractivity contribution in [2.45, 2.75) is 23.6 Å². The molecule has 0 atom stereocenters. The lowest BCUT2D eigenvalue weighted by atomic mass is 10.1. The van der Waals surface area contributed by atoms with Crippen LogP contribution in [0.15, 0.2) is 76.5 Å². The molecule has 1 aliphatic heterocycles. The van der Waals surface area contributed by atoms with Crippen molar-refractivity contribution in [1.82, 2.24) is 0 Å². The number of hydrogen-bond acceptors (Lipinski definition) is 6. The Balaban J connectivity index is 1.63. The number of rotatable bonds is 8. The first kappa shape index (κ1) is 24.5. The number of anilines is 2. The van der Waals surface area contributed by atoms with Crippen LogP contribution in [0.5, 0.6) is 0 Å². The maximum atomic E-state index is 13.6. The topological polar surface area (TPSA) is 84.9 Å². The number of nitrogens with one attached hydrogen (secondary N) is 1. The first-order valence-electron chi connectivity index (χ1n) is 11.3. The van der Waals surface area contributed by atoms with Crippen LogP contribution in [-0.4, -0.2) is 44.1 Å². The van der Waals surface area contributed by atoms with Crippen LogP contribution in [0.3, 0.4) is 0 Å². The SMILES string of the molecule is CCOCCOC(=O)c1ccc2c(c1)N(CC(=O)Nc1ccc(C)cc1)C(=O)c1ccccc1S2. The van der Waals surface area contributed by atoms with E-state index in [9.17, 15) is 14.4 Å². The second kappa shape index (κ2) is 11.2. The molecule has 0 spiro atoms. The number of aryl methyl sites for hydroxylation is 1. The third-order valence-corrected chi connectivity index (χ3v) is 6.51. The van der Waals surface area contributed by atoms with Gasteiger partial charge in [-0.15, -0.1) is 0 Å².